The van der Waals surface area contributed by atoms with Gasteiger partial charge in [-0.05, 0) is 30.5 Å². The molecule has 0 radical (unpaired) electrons. The number of hydrogen-bond donors (Lipinski definition) is 2. The van der Waals surface area contributed by atoms with Crippen molar-refractivity contribution in [2.24, 2.45) is 5.84 Å². The fourth-order valence-corrected chi connectivity index (χ4v) is 2.89. The lowest BCUT2D eigenvalue weighted by Gasteiger charge is -2.26. The number of nitrogens with one attached hydrogen (secondary N) is 1. The van der Waals surface area contributed by atoms with Crippen molar-refractivity contribution in [3.63, 3.8) is 0 Å². The predicted octanol–water partition coefficient (Wildman–Crippen LogP) is 1.95. The summed E-state index contributed by atoms with van der Waals surface area (Å²) in [4.78, 5) is 15.4. The van der Waals surface area contributed by atoms with Crippen LogP contribution in [0.1, 0.15) is 16.5 Å². The van der Waals surface area contributed by atoms with Crippen molar-refractivity contribution in [1.29, 1.82) is 0 Å². The van der Waals surface area contributed by atoms with E-state index in [4.69, 9.17) is 5.84 Å². The summed E-state index contributed by atoms with van der Waals surface area (Å²) in [5.41, 5.74) is 3.21. The summed E-state index contributed by atoms with van der Waals surface area (Å²) in [7, 11) is 1.94. The smallest absolute Gasteiger partial charge is 0.255 e. The molecule has 1 unspecified atom stereocenters. The van der Waals surface area contributed by atoms with Gasteiger partial charge in [0.15, 0.2) is 0 Å². The van der Waals surface area contributed by atoms with Gasteiger partial charge in [0.05, 0.1) is 0 Å². The van der Waals surface area contributed by atoms with E-state index in [1.54, 1.807) is 11.3 Å². The van der Waals surface area contributed by atoms with Crippen LogP contribution in [-0.4, -0.2) is 24.4 Å². The Balaban J connectivity index is 2.08. The molecule has 1 aromatic heterocycles. The number of nitrogens with zero attached hydrogens (tertiary/aromatic N) is 1. The molecule has 0 saturated heterocycles. The van der Waals surface area contributed by atoms with Crippen molar-refractivity contribution < 1.29 is 4.79 Å². The van der Waals surface area contributed by atoms with Crippen LogP contribution < -0.4 is 11.3 Å². The maximum absolute atomic E-state index is 12.0. The molecular weight excluding hydrogens is 270 g/mol. The molecule has 0 aliphatic carbocycles. The first-order valence-electron chi connectivity index (χ1n) is 6.50. The number of carbonyl (C=O) groups excluding carboxylic acids is 1. The Kier molecular flexibility index (Phi) is 5.29. The molecule has 0 aliphatic rings. The van der Waals surface area contributed by atoms with Crippen molar-refractivity contribution in [3.8, 4) is 0 Å². The van der Waals surface area contributed by atoms with Crippen LogP contribution in [0.5, 0.6) is 0 Å². The number of likely N-dealkylation sites (N-methyl/N-ethyl adjacent to an activating group) is 1. The van der Waals surface area contributed by atoms with E-state index >= 15 is 0 Å². The zero-order valence-electron chi connectivity index (χ0n) is 11.5. The predicted molar refractivity (Wildman–Crippen MR) is 82.2 cm³/mol. The average molecular weight is 289 g/mol. The molecule has 5 heteroatoms. The van der Waals surface area contributed by atoms with Crippen LogP contribution in [0, 0.1) is 0 Å². The monoisotopic (exact) mass is 289 g/mol. The fraction of sp³-hybridized carbons (Fsp3) is 0.267. The number of hydrogen-bond acceptors (Lipinski definition) is 4. The third-order valence-corrected chi connectivity index (χ3v) is 4.17. The van der Waals surface area contributed by atoms with Gasteiger partial charge in [0, 0.05) is 11.4 Å². The molecule has 2 rings (SSSR count). The number of nitrogens with two attached hydrogens (primary N) is 1. The Bertz CT molecular complexity index is 527. The minimum absolute atomic E-state index is 0.190. The molecule has 1 heterocycles. The quantitative estimate of drug-likeness (QED) is 0.485. The first-order chi connectivity index (χ1) is 9.72. The van der Waals surface area contributed by atoms with Gasteiger partial charge in [0.2, 0.25) is 0 Å². The summed E-state index contributed by atoms with van der Waals surface area (Å²) in [6.45, 7) is 0.799. The van der Waals surface area contributed by atoms with Crippen molar-refractivity contribution in [2.75, 3.05) is 13.6 Å². The van der Waals surface area contributed by atoms with E-state index in [0.717, 1.165) is 18.5 Å². The van der Waals surface area contributed by atoms with E-state index in [1.807, 2.05) is 48.3 Å². The van der Waals surface area contributed by atoms with Gasteiger partial charge in [0.1, 0.15) is 6.04 Å². The molecule has 106 valence electrons. The second-order valence-corrected chi connectivity index (χ2v) is 5.66. The topological polar surface area (TPSA) is 58.4 Å². The summed E-state index contributed by atoms with van der Waals surface area (Å²) in [5.74, 6) is 5.12. The lowest BCUT2D eigenvalue weighted by Crippen LogP contribution is -2.42. The van der Waals surface area contributed by atoms with Gasteiger partial charge in [-0.3, -0.25) is 15.1 Å². The number of benzene rings is 1. The molecular formula is C15H19N3OS. The van der Waals surface area contributed by atoms with Crippen LogP contribution >= 0.6 is 11.3 Å². The summed E-state index contributed by atoms with van der Waals surface area (Å²) in [5, 5.41) is 2.07. The van der Waals surface area contributed by atoms with Crippen molar-refractivity contribution in [1.82, 2.24) is 10.3 Å². The molecule has 1 atom stereocenters. The Hall–Kier alpha value is -1.69. The molecule has 20 heavy (non-hydrogen) atoms. The Morgan fingerprint density at radius 2 is 2.05 bits per heavy atom. The van der Waals surface area contributed by atoms with Crippen molar-refractivity contribution >= 4 is 17.2 Å². The van der Waals surface area contributed by atoms with Crippen molar-refractivity contribution in [2.45, 2.75) is 12.5 Å². The average Bonchev–Trinajstić information content (AvgIpc) is 2.99. The van der Waals surface area contributed by atoms with Gasteiger partial charge in [0.25, 0.3) is 5.91 Å². The standard InChI is InChI=1S/C15H19N3OS/c1-18(10-9-13-8-5-11-20-13)14(15(19)17-16)12-6-3-2-4-7-12/h2-8,11,14H,9-10,16H2,1H3,(H,17,19). The number of rotatable bonds is 6. The van der Waals surface area contributed by atoms with E-state index in [9.17, 15) is 4.79 Å². The van der Waals surface area contributed by atoms with Gasteiger partial charge in [-0.25, -0.2) is 5.84 Å². The van der Waals surface area contributed by atoms with Crippen LogP contribution in [0.15, 0.2) is 47.8 Å². The zero-order valence-corrected chi connectivity index (χ0v) is 12.3. The Morgan fingerprint density at radius 3 is 2.65 bits per heavy atom. The minimum atomic E-state index is -0.360. The van der Waals surface area contributed by atoms with Gasteiger partial charge < -0.3 is 0 Å². The molecule has 2 aromatic rings. The van der Waals surface area contributed by atoms with E-state index in [2.05, 4.69) is 16.9 Å². The van der Waals surface area contributed by atoms with Gasteiger partial charge in [-0.2, -0.15) is 0 Å². The van der Waals surface area contributed by atoms with Crippen LogP contribution in [0.2, 0.25) is 0 Å². The maximum Gasteiger partial charge on any atom is 0.255 e. The summed E-state index contributed by atoms with van der Waals surface area (Å²) in [6, 6.07) is 13.5. The highest BCUT2D eigenvalue weighted by atomic mass is 32.1. The Labute approximate surface area is 123 Å². The normalized spacial score (nSPS) is 12.3. The second-order valence-electron chi connectivity index (χ2n) is 4.63. The van der Waals surface area contributed by atoms with E-state index in [0.29, 0.717) is 0 Å². The lowest BCUT2D eigenvalue weighted by molar-refractivity contribution is -0.126. The summed E-state index contributed by atoms with van der Waals surface area (Å²) in [6.07, 6.45) is 0.926. The van der Waals surface area contributed by atoms with Crippen molar-refractivity contribution in [3.05, 3.63) is 58.3 Å². The molecule has 0 fully saturated rings. The Morgan fingerprint density at radius 1 is 1.30 bits per heavy atom. The minimum Gasteiger partial charge on any atom is -0.293 e. The molecule has 1 amide bonds. The largest absolute Gasteiger partial charge is 0.293 e. The first-order valence-corrected chi connectivity index (χ1v) is 7.38. The second kappa shape index (κ2) is 7.19. The van der Waals surface area contributed by atoms with Crippen LogP contribution in [0.3, 0.4) is 0 Å². The number of amides is 1. The molecule has 0 aliphatic heterocycles. The molecule has 4 nitrogen and oxygen atoms in total. The van der Waals surface area contributed by atoms with E-state index < -0.39 is 0 Å². The van der Waals surface area contributed by atoms with Gasteiger partial charge >= 0.3 is 0 Å². The van der Waals surface area contributed by atoms with Crippen LogP contribution in [0.25, 0.3) is 0 Å². The molecule has 3 N–H and O–H groups in total. The van der Waals surface area contributed by atoms with Gasteiger partial charge in [-0.1, -0.05) is 36.4 Å². The van der Waals surface area contributed by atoms with Gasteiger partial charge in [-0.15, -0.1) is 11.3 Å². The number of carbonyl (C=O) groups is 1. The zero-order chi connectivity index (χ0) is 14.4. The highest BCUT2D eigenvalue weighted by Gasteiger charge is 2.24. The molecule has 0 spiro atoms. The maximum atomic E-state index is 12.0. The number of hydrazine groups is 1. The lowest BCUT2D eigenvalue weighted by atomic mass is 10.0. The number of thiophene rings is 1. The molecule has 0 bridgehead atoms. The highest BCUT2D eigenvalue weighted by molar-refractivity contribution is 7.09. The van der Waals surface area contributed by atoms with E-state index in [-0.39, 0.29) is 11.9 Å². The third-order valence-electron chi connectivity index (χ3n) is 3.24. The molecule has 1 aromatic carbocycles. The van der Waals surface area contributed by atoms with E-state index in [1.165, 1.54) is 4.88 Å². The third kappa shape index (κ3) is 3.66. The fourth-order valence-electron chi connectivity index (χ4n) is 2.19. The summed E-state index contributed by atoms with van der Waals surface area (Å²) < 4.78 is 0. The van der Waals surface area contributed by atoms with Crippen LogP contribution in [0.4, 0.5) is 0 Å². The summed E-state index contributed by atoms with van der Waals surface area (Å²) >= 11 is 1.73. The molecule has 0 saturated carbocycles. The highest BCUT2D eigenvalue weighted by Crippen LogP contribution is 2.20. The van der Waals surface area contributed by atoms with Crippen LogP contribution in [-0.2, 0) is 11.2 Å². The first kappa shape index (κ1) is 14.7. The SMILES string of the molecule is CN(CCc1cccs1)C(C(=O)NN)c1ccccc1.